The molecule has 0 N–H and O–H groups in total. The number of hydrogen-bond acceptors (Lipinski definition) is 4. The molecule has 0 radical (unpaired) electrons. The molecule has 1 aromatic carbocycles. The smallest absolute Gasteiger partial charge is 0.306 e. The van der Waals surface area contributed by atoms with Crippen molar-refractivity contribution in [2.75, 3.05) is 13.2 Å². The molecule has 0 atom stereocenters. The van der Waals surface area contributed by atoms with Crippen LogP contribution in [0.1, 0.15) is 23.4 Å². The molecular formula is C17H21BrN2O3. The maximum Gasteiger partial charge on any atom is 0.306 e. The van der Waals surface area contributed by atoms with E-state index in [2.05, 4.69) is 21.0 Å². The van der Waals surface area contributed by atoms with E-state index in [0.717, 1.165) is 27.2 Å². The van der Waals surface area contributed by atoms with E-state index < -0.39 is 0 Å². The van der Waals surface area contributed by atoms with Gasteiger partial charge in [-0.2, -0.15) is 5.10 Å². The average Bonchev–Trinajstić information content (AvgIpc) is 2.76. The molecule has 0 aliphatic heterocycles. The highest BCUT2D eigenvalue weighted by molar-refractivity contribution is 9.10. The number of ether oxygens (including phenoxy) is 2. The highest BCUT2D eigenvalue weighted by atomic mass is 79.9. The minimum absolute atomic E-state index is 0.216. The molecule has 0 spiro atoms. The van der Waals surface area contributed by atoms with E-state index in [0.29, 0.717) is 19.4 Å². The Kier molecular flexibility index (Phi) is 6.21. The van der Waals surface area contributed by atoms with Crippen LogP contribution in [0.3, 0.4) is 0 Å². The summed E-state index contributed by atoms with van der Waals surface area (Å²) in [5.41, 5.74) is 3.18. The van der Waals surface area contributed by atoms with Gasteiger partial charge < -0.3 is 9.47 Å². The first-order valence-electron chi connectivity index (χ1n) is 7.50. The average molecular weight is 381 g/mol. The van der Waals surface area contributed by atoms with Crippen LogP contribution >= 0.6 is 15.9 Å². The van der Waals surface area contributed by atoms with Gasteiger partial charge in [0.15, 0.2) is 0 Å². The van der Waals surface area contributed by atoms with E-state index in [9.17, 15) is 4.79 Å². The lowest BCUT2D eigenvalue weighted by molar-refractivity contribution is -0.144. The highest BCUT2D eigenvalue weighted by Crippen LogP contribution is 2.16. The zero-order valence-corrected chi connectivity index (χ0v) is 15.2. The zero-order valence-electron chi connectivity index (χ0n) is 13.6. The van der Waals surface area contributed by atoms with E-state index in [4.69, 9.17) is 9.47 Å². The van der Waals surface area contributed by atoms with Crippen molar-refractivity contribution in [1.82, 2.24) is 9.78 Å². The number of hydrogen-bond donors (Lipinski definition) is 0. The highest BCUT2D eigenvalue weighted by Gasteiger charge is 2.12. The summed E-state index contributed by atoms with van der Waals surface area (Å²) in [4.78, 5) is 11.8. The molecule has 0 aliphatic carbocycles. The quantitative estimate of drug-likeness (QED) is 0.545. The Morgan fingerprint density at radius 3 is 2.52 bits per heavy atom. The van der Waals surface area contributed by atoms with Crippen LogP contribution in [0, 0.1) is 13.8 Å². The summed E-state index contributed by atoms with van der Waals surface area (Å²) in [5.74, 6) is 0.540. The molecule has 0 bridgehead atoms. The van der Waals surface area contributed by atoms with Crippen molar-refractivity contribution in [3.05, 3.63) is 45.7 Å². The lowest BCUT2D eigenvalue weighted by Gasteiger charge is -2.08. The van der Waals surface area contributed by atoms with Gasteiger partial charge in [0.1, 0.15) is 19.0 Å². The molecule has 0 aliphatic rings. The van der Waals surface area contributed by atoms with Crippen LogP contribution in [-0.4, -0.2) is 29.0 Å². The first-order chi connectivity index (χ1) is 11.0. The van der Waals surface area contributed by atoms with E-state index in [-0.39, 0.29) is 12.6 Å². The second-order valence-electron chi connectivity index (χ2n) is 5.30. The van der Waals surface area contributed by atoms with Crippen molar-refractivity contribution in [2.24, 2.45) is 7.05 Å². The fourth-order valence-electron chi connectivity index (χ4n) is 2.32. The van der Waals surface area contributed by atoms with Crippen LogP contribution in [0.25, 0.3) is 0 Å². The Balaban J connectivity index is 1.68. The van der Waals surface area contributed by atoms with Gasteiger partial charge in [0.25, 0.3) is 0 Å². The molecule has 2 rings (SSSR count). The van der Waals surface area contributed by atoms with Gasteiger partial charge in [-0.15, -0.1) is 0 Å². The van der Waals surface area contributed by atoms with Crippen molar-refractivity contribution in [3.8, 4) is 5.75 Å². The van der Waals surface area contributed by atoms with E-state index in [1.807, 2.05) is 49.8 Å². The van der Waals surface area contributed by atoms with E-state index >= 15 is 0 Å². The van der Waals surface area contributed by atoms with Gasteiger partial charge in [0.2, 0.25) is 0 Å². The Labute approximate surface area is 144 Å². The van der Waals surface area contributed by atoms with Crippen molar-refractivity contribution < 1.29 is 14.3 Å². The second-order valence-corrected chi connectivity index (χ2v) is 6.21. The molecule has 0 unspecified atom stereocenters. The number of halogens is 1. The van der Waals surface area contributed by atoms with Crippen LogP contribution in [0.4, 0.5) is 0 Å². The number of aromatic nitrogens is 2. The third kappa shape index (κ3) is 5.10. The summed E-state index contributed by atoms with van der Waals surface area (Å²) in [7, 11) is 1.91. The van der Waals surface area contributed by atoms with Gasteiger partial charge >= 0.3 is 5.97 Å². The van der Waals surface area contributed by atoms with Gasteiger partial charge in [-0.25, -0.2) is 0 Å². The van der Waals surface area contributed by atoms with Gasteiger partial charge in [0, 0.05) is 23.6 Å². The van der Waals surface area contributed by atoms with Crippen LogP contribution in [0.5, 0.6) is 5.75 Å². The molecule has 0 saturated carbocycles. The largest absolute Gasteiger partial charge is 0.490 e. The zero-order chi connectivity index (χ0) is 16.8. The molecule has 2 aromatic rings. The first kappa shape index (κ1) is 17.5. The topological polar surface area (TPSA) is 53.4 Å². The molecule has 6 heteroatoms. The van der Waals surface area contributed by atoms with Crippen LogP contribution < -0.4 is 4.74 Å². The van der Waals surface area contributed by atoms with Crippen molar-refractivity contribution >= 4 is 21.9 Å². The summed E-state index contributed by atoms with van der Waals surface area (Å²) < 4.78 is 13.5. The number of rotatable bonds is 7. The molecule has 0 amide bonds. The lowest BCUT2D eigenvalue weighted by atomic mass is 10.1. The van der Waals surface area contributed by atoms with Crippen LogP contribution in [-0.2, 0) is 23.0 Å². The number of benzene rings is 1. The van der Waals surface area contributed by atoms with Crippen LogP contribution in [0.15, 0.2) is 28.7 Å². The maximum atomic E-state index is 11.8. The lowest BCUT2D eigenvalue weighted by Crippen LogP contribution is -2.13. The fourth-order valence-corrected chi connectivity index (χ4v) is 2.59. The summed E-state index contributed by atoms with van der Waals surface area (Å²) in [6, 6.07) is 7.53. The minimum Gasteiger partial charge on any atom is -0.490 e. The van der Waals surface area contributed by atoms with Gasteiger partial charge in [-0.1, -0.05) is 15.9 Å². The fraction of sp³-hybridized carbons (Fsp3) is 0.412. The number of carbonyl (C=O) groups is 1. The number of esters is 1. The van der Waals surface area contributed by atoms with Crippen molar-refractivity contribution in [3.63, 3.8) is 0 Å². The van der Waals surface area contributed by atoms with Gasteiger partial charge in [0.05, 0.1) is 5.69 Å². The van der Waals surface area contributed by atoms with Gasteiger partial charge in [-0.05, 0) is 50.1 Å². The summed E-state index contributed by atoms with van der Waals surface area (Å²) in [6.07, 6.45) is 1.00. The Morgan fingerprint density at radius 2 is 1.91 bits per heavy atom. The first-order valence-corrected chi connectivity index (χ1v) is 8.29. The van der Waals surface area contributed by atoms with Crippen molar-refractivity contribution in [1.29, 1.82) is 0 Å². The molecule has 1 aromatic heterocycles. The summed E-state index contributed by atoms with van der Waals surface area (Å²) >= 11 is 3.36. The summed E-state index contributed by atoms with van der Waals surface area (Å²) in [6.45, 7) is 4.56. The predicted molar refractivity (Wildman–Crippen MR) is 91.6 cm³/mol. The number of aryl methyl sites for hydroxylation is 2. The normalized spacial score (nSPS) is 10.6. The molecule has 1 heterocycles. The molecule has 0 fully saturated rings. The maximum absolute atomic E-state index is 11.8. The second kappa shape index (κ2) is 8.15. The standard InChI is InChI=1S/C17H21BrN2O3/c1-12-16(13(2)20(3)19-12)8-9-17(21)23-11-10-22-15-6-4-14(18)5-7-15/h4-7H,8-11H2,1-3H3. The molecule has 23 heavy (non-hydrogen) atoms. The van der Waals surface area contributed by atoms with E-state index in [1.54, 1.807) is 0 Å². The molecule has 124 valence electrons. The minimum atomic E-state index is -0.216. The molecule has 5 nitrogen and oxygen atoms in total. The number of nitrogens with zero attached hydrogens (tertiary/aromatic N) is 2. The third-order valence-electron chi connectivity index (χ3n) is 3.67. The van der Waals surface area contributed by atoms with Crippen molar-refractivity contribution in [2.45, 2.75) is 26.7 Å². The Bertz CT molecular complexity index is 665. The Hall–Kier alpha value is -1.82. The Morgan fingerprint density at radius 1 is 1.22 bits per heavy atom. The molecular weight excluding hydrogens is 360 g/mol. The summed E-state index contributed by atoms with van der Waals surface area (Å²) in [5, 5.41) is 4.34. The predicted octanol–water partition coefficient (Wildman–Crippen LogP) is 3.35. The number of carbonyl (C=O) groups excluding carboxylic acids is 1. The third-order valence-corrected chi connectivity index (χ3v) is 4.20. The SMILES string of the molecule is Cc1nn(C)c(C)c1CCC(=O)OCCOc1ccc(Br)cc1. The van der Waals surface area contributed by atoms with Gasteiger partial charge in [-0.3, -0.25) is 9.48 Å². The monoisotopic (exact) mass is 380 g/mol. The van der Waals surface area contributed by atoms with Crippen LogP contribution in [0.2, 0.25) is 0 Å². The van der Waals surface area contributed by atoms with E-state index in [1.165, 1.54) is 0 Å². The molecule has 0 saturated heterocycles.